The van der Waals surface area contributed by atoms with E-state index in [9.17, 15) is 10.2 Å². The first-order chi connectivity index (χ1) is 8.61. The van der Waals surface area contributed by atoms with E-state index in [0.717, 1.165) is 30.5 Å². The van der Waals surface area contributed by atoms with Crippen LogP contribution in [0.2, 0.25) is 0 Å². The summed E-state index contributed by atoms with van der Waals surface area (Å²) < 4.78 is 0. The summed E-state index contributed by atoms with van der Waals surface area (Å²) in [6.45, 7) is 4.95. The maximum absolute atomic E-state index is 9.74. The molecule has 0 radical (unpaired) electrons. The number of aliphatic hydroxyl groups excluding tert-OH is 1. The van der Waals surface area contributed by atoms with Crippen LogP contribution in [0.5, 0.6) is 5.75 Å². The zero-order chi connectivity index (χ0) is 13.1. The van der Waals surface area contributed by atoms with Gasteiger partial charge in [0.15, 0.2) is 0 Å². The summed E-state index contributed by atoms with van der Waals surface area (Å²) in [5.74, 6) is 0.803. The summed E-state index contributed by atoms with van der Waals surface area (Å²) in [6.07, 6.45) is 3.49. The molecule has 1 aromatic carbocycles. The third-order valence-corrected chi connectivity index (χ3v) is 4.01. The zero-order valence-electron chi connectivity index (χ0n) is 11.2. The molecule has 100 valence electrons. The molecule has 0 saturated heterocycles. The van der Waals surface area contributed by atoms with Crippen molar-refractivity contribution in [2.24, 2.45) is 5.92 Å². The molecule has 18 heavy (non-hydrogen) atoms. The van der Waals surface area contributed by atoms with Gasteiger partial charge in [0.2, 0.25) is 0 Å². The molecule has 2 atom stereocenters. The Hall–Kier alpha value is -1.06. The van der Waals surface area contributed by atoms with E-state index >= 15 is 0 Å². The molecular formula is C15H23NO2. The van der Waals surface area contributed by atoms with E-state index in [-0.39, 0.29) is 6.61 Å². The number of aromatic hydroxyl groups is 1. The first kappa shape index (κ1) is 13.4. The predicted octanol–water partition coefficient (Wildman–Crippen LogP) is 2.26. The normalized spacial score (nSPS) is 23.5. The van der Waals surface area contributed by atoms with Gasteiger partial charge < -0.3 is 15.5 Å². The van der Waals surface area contributed by atoms with Crippen LogP contribution in [0.15, 0.2) is 12.1 Å². The highest BCUT2D eigenvalue weighted by atomic mass is 16.3. The average Bonchev–Trinajstić information content (AvgIpc) is 2.80. The van der Waals surface area contributed by atoms with Gasteiger partial charge in [-0.25, -0.2) is 0 Å². The number of rotatable bonds is 4. The minimum Gasteiger partial charge on any atom is -0.507 e. The van der Waals surface area contributed by atoms with Crippen LogP contribution in [0.4, 0.5) is 0 Å². The van der Waals surface area contributed by atoms with Crippen LogP contribution in [-0.4, -0.2) is 22.9 Å². The Morgan fingerprint density at radius 1 is 1.22 bits per heavy atom. The van der Waals surface area contributed by atoms with E-state index in [1.807, 2.05) is 26.0 Å². The monoisotopic (exact) mass is 249 g/mol. The highest BCUT2D eigenvalue weighted by molar-refractivity contribution is 5.42. The molecule has 1 fully saturated rings. The summed E-state index contributed by atoms with van der Waals surface area (Å²) in [5, 5.41) is 22.6. The van der Waals surface area contributed by atoms with Crippen LogP contribution in [0, 0.1) is 19.8 Å². The van der Waals surface area contributed by atoms with Crippen LogP contribution in [0.1, 0.15) is 36.0 Å². The molecule has 1 aliphatic rings. The Balaban J connectivity index is 1.98. The fraction of sp³-hybridized carbons (Fsp3) is 0.600. The third kappa shape index (κ3) is 2.85. The molecule has 2 unspecified atom stereocenters. The van der Waals surface area contributed by atoms with Gasteiger partial charge in [-0.3, -0.25) is 0 Å². The highest BCUT2D eigenvalue weighted by Crippen LogP contribution is 2.26. The fourth-order valence-corrected chi connectivity index (χ4v) is 2.92. The maximum Gasteiger partial charge on any atom is 0.121 e. The zero-order valence-corrected chi connectivity index (χ0v) is 11.2. The van der Waals surface area contributed by atoms with Crippen molar-refractivity contribution >= 4 is 0 Å². The van der Waals surface area contributed by atoms with Gasteiger partial charge in [-0.15, -0.1) is 0 Å². The SMILES string of the molecule is Cc1cc(CNC2CCCC2CO)cc(C)c1O. The number of phenols is 1. The molecule has 0 bridgehead atoms. The number of hydrogen-bond donors (Lipinski definition) is 3. The summed E-state index contributed by atoms with van der Waals surface area (Å²) in [4.78, 5) is 0. The largest absolute Gasteiger partial charge is 0.507 e. The first-order valence-corrected chi connectivity index (χ1v) is 6.75. The minimum absolute atomic E-state index is 0.283. The molecule has 0 amide bonds. The molecule has 0 aliphatic heterocycles. The molecule has 1 aromatic rings. The van der Waals surface area contributed by atoms with Crippen molar-refractivity contribution in [1.82, 2.24) is 5.32 Å². The lowest BCUT2D eigenvalue weighted by Crippen LogP contribution is -2.33. The molecule has 1 saturated carbocycles. The molecule has 0 heterocycles. The van der Waals surface area contributed by atoms with Gasteiger partial charge in [0.25, 0.3) is 0 Å². The van der Waals surface area contributed by atoms with Crippen molar-refractivity contribution in [2.45, 2.75) is 45.7 Å². The van der Waals surface area contributed by atoms with Crippen molar-refractivity contribution in [3.05, 3.63) is 28.8 Å². The number of aryl methyl sites for hydroxylation is 2. The van der Waals surface area contributed by atoms with E-state index in [1.165, 1.54) is 12.0 Å². The Morgan fingerprint density at radius 2 is 1.89 bits per heavy atom. The second-order valence-corrected chi connectivity index (χ2v) is 5.44. The van der Waals surface area contributed by atoms with E-state index < -0.39 is 0 Å². The van der Waals surface area contributed by atoms with Crippen molar-refractivity contribution in [3.63, 3.8) is 0 Å². The average molecular weight is 249 g/mol. The molecular weight excluding hydrogens is 226 g/mol. The van der Waals surface area contributed by atoms with Crippen LogP contribution in [0.3, 0.4) is 0 Å². The van der Waals surface area contributed by atoms with Gasteiger partial charge in [-0.1, -0.05) is 18.6 Å². The van der Waals surface area contributed by atoms with Crippen molar-refractivity contribution in [2.75, 3.05) is 6.61 Å². The molecule has 0 spiro atoms. The minimum atomic E-state index is 0.283. The smallest absolute Gasteiger partial charge is 0.121 e. The number of benzene rings is 1. The molecule has 3 nitrogen and oxygen atoms in total. The van der Waals surface area contributed by atoms with Crippen molar-refractivity contribution < 1.29 is 10.2 Å². The highest BCUT2D eigenvalue weighted by Gasteiger charge is 2.25. The van der Waals surface area contributed by atoms with Gasteiger partial charge >= 0.3 is 0 Å². The fourth-order valence-electron chi connectivity index (χ4n) is 2.92. The molecule has 3 heteroatoms. The van der Waals surface area contributed by atoms with Gasteiger partial charge in [0.1, 0.15) is 5.75 Å². The van der Waals surface area contributed by atoms with E-state index in [0.29, 0.717) is 17.7 Å². The summed E-state index contributed by atoms with van der Waals surface area (Å²) in [6, 6.07) is 4.49. The molecule has 2 rings (SSSR count). The second kappa shape index (κ2) is 5.72. The van der Waals surface area contributed by atoms with Crippen LogP contribution in [0.25, 0.3) is 0 Å². The number of phenolic OH excluding ortho intramolecular Hbond substituents is 1. The lowest BCUT2D eigenvalue weighted by molar-refractivity contribution is 0.205. The lowest BCUT2D eigenvalue weighted by atomic mass is 10.0. The standard InChI is InChI=1S/C15H23NO2/c1-10-6-12(7-11(2)15(10)18)8-16-14-5-3-4-13(14)9-17/h6-7,13-14,16-18H,3-5,8-9H2,1-2H3. The van der Waals surface area contributed by atoms with Crippen LogP contribution in [-0.2, 0) is 6.54 Å². The van der Waals surface area contributed by atoms with Crippen LogP contribution >= 0.6 is 0 Å². The Kier molecular flexibility index (Phi) is 4.25. The number of hydrogen-bond acceptors (Lipinski definition) is 3. The van der Waals surface area contributed by atoms with Gasteiger partial charge in [-0.05, 0) is 49.3 Å². The van der Waals surface area contributed by atoms with E-state index in [2.05, 4.69) is 5.32 Å². The van der Waals surface area contributed by atoms with Crippen molar-refractivity contribution in [3.8, 4) is 5.75 Å². The van der Waals surface area contributed by atoms with Crippen molar-refractivity contribution in [1.29, 1.82) is 0 Å². The van der Waals surface area contributed by atoms with Crippen LogP contribution < -0.4 is 5.32 Å². The van der Waals surface area contributed by atoms with E-state index in [4.69, 9.17) is 0 Å². The quantitative estimate of drug-likeness (QED) is 0.767. The van der Waals surface area contributed by atoms with Gasteiger partial charge in [-0.2, -0.15) is 0 Å². The maximum atomic E-state index is 9.74. The Labute approximate surface area is 109 Å². The summed E-state index contributed by atoms with van der Waals surface area (Å²) >= 11 is 0. The Morgan fingerprint density at radius 3 is 2.50 bits per heavy atom. The van der Waals surface area contributed by atoms with E-state index in [1.54, 1.807) is 0 Å². The van der Waals surface area contributed by atoms with Gasteiger partial charge in [0, 0.05) is 19.2 Å². The predicted molar refractivity (Wildman–Crippen MR) is 72.6 cm³/mol. The van der Waals surface area contributed by atoms with Gasteiger partial charge in [0.05, 0.1) is 0 Å². The number of aliphatic hydroxyl groups is 1. The topological polar surface area (TPSA) is 52.5 Å². The summed E-state index contributed by atoms with van der Waals surface area (Å²) in [7, 11) is 0. The first-order valence-electron chi connectivity index (χ1n) is 6.75. The summed E-state index contributed by atoms with van der Waals surface area (Å²) in [5.41, 5.74) is 3.06. The molecule has 3 N–H and O–H groups in total. The lowest BCUT2D eigenvalue weighted by Gasteiger charge is -2.19. The third-order valence-electron chi connectivity index (χ3n) is 4.01. The molecule has 1 aliphatic carbocycles. The second-order valence-electron chi connectivity index (χ2n) is 5.44. The molecule has 0 aromatic heterocycles. The number of nitrogens with one attached hydrogen (secondary N) is 1. The Bertz CT molecular complexity index is 394.